The molecular weight excluding hydrogens is 636 g/mol. The van der Waals surface area contributed by atoms with Crippen molar-refractivity contribution in [1.82, 2.24) is 24.6 Å². The van der Waals surface area contributed by atoms with Crippen molar-refractivity contribution in [3.8, 4) is 22.7 Å². The van der Waals surface area contributed by atoms with Crippen LogP contribution in [0.3, 0.4) is 0 Å². The molecule has 0 atom stereocenters. The molecule has 5 aromatic rings. The van der Waals surface area contributed by atoms with E-state index in [-0.39, 0.29) is 22.8 Å². The van der Waals surface area contributed by atoms with E-state index in [2.05, 4.69) is 24.3 Å². The second kappa shape index (κ2) is 12.6. The molecule has 3 heterocycles. The van der Waals surface area contributed by atoms with Crippen LogP contribution in [-0.4, -0.2) is 57.7 Å². The van der Waals surface area contributed by atoms with Gasteiger partial charge >= 0.3 is 12.1 Å². The Morgan fingerprint density at radius 3 is 2.38 bits per heavy atom. The van der Waals surface area contributed by atoms with Gasteiger partial charge in [0, 0.05) is 31.7 Å². The minimum atomic E-state index is -5.23. The summed E-state index contributed by atoms with van der Waals surface area (Å²) in [6, 6.07) is 14.1. The Hall–Kier alpha value is -4.42. The zero-order valence-electron chi connectivity index (χ0n) is 26.3. The molecule has 8 nitrogen and oxygen atoms in total. The van der Waals surface area contributed by atoms with Gasteiger partial charge in [-0.15, -0.1) is 0 Å². The fourth-order valence-corrected chi connectivity index (χ4v) is 6.13. The number of carbonyl (C=O) groups excluding carboxylic acids is 1. The van der Waals surface area contributed by atoms with Crippen LogP contribution in [0.2, 0.25) is 5.02 Å². The minimum Gasteiger partial charge on any atom is -0.417 e. The summed E-state index contributed by atoms with van der Waals surface area (Å²) in [5, 5.41) is 7.80. The molecule has 1 aliphatic rings. The van der Waals surface area contributed by atoms with E-state index in [1.807, 2.05) is 35.2 Å². The number of benzene rings is 3. The summed E-state index contributed by atoms with van der Waals surface area (Å²) in [6.07, 6.45) is -3.58. The van der Waals surface area contributed by atoms with E-state index in [1.165, 1.54) is 12.1 Å². The van der Waals surface area contributed by atoms with Gasteiger partial charge in [0.2, 0.25) is 5.95 Å². The van der Waals surface area contributed by atoms with Crippen molar-refractivity contribution in [3.05, 3.63) is 87.8 Å². The number of aromatic nitrogens is 4. The lowest BCUT2D eigenvalue weighted by Crippen LogP contribution is -2.44. The van der Waals surface area contributed by atoms with Crippen molar-refractivity contribution in [1.29, 1.82) is 0 Å². The molecule has 13 heteroatoms. The third kappa shape index (κ3) is 6.19. The quantitative estimate of drug-likeness (QED) is 0.111. The molecule has 0 radical (unpaired) electrons. The Balaban J connectivity index is 1.65. The molecule has 1 N–H and O–H groups in total. The van der Waals surface area contributed by atoms with Gasteiger partial charge in [0.1, 0.15) is 16.9 Å². The highest BCUT2D eigenvalue weighted by molar-refractivity contribution is 6.30. The van der Waals surface area contributed by atoms with Gasteiger partial charge in [-0.25, -0.2) is 18.9 Å². The summed E-state index contributed by atoms with van der Waals surface area (Å²) < 4.78 is 63.7. The van der Waals surface area contributed by atoms with Gasteiger partial charge in [0.05, 0.1) is 29.1 Å². The molecule has 47 heavy (non-hydrogen) atoms. The molecule has 1 aliphatic heterocycles. The van der Waals surface area contributed by atoms with Crippen LogP contribution >= 0.6 is 11.6 Å². The van der Waals surface area contributed by atoms with E-state index in [0.29, 0.717) is 71.5 Å². The van der Waals surface area contributed by atoms with Gasteiger partial charge in [0.25, 0.3) is 0 Å². The molecule has 6 rings (SSSR count). The number of carbonyl (C=O) groups is 1. The predicted octanol–water partition coefficient (Wildman–Crippen LogP) is 7.35. The number of nitrogens with zero attached hydrogens (tertiary/aromatic N) is 5. The zero-order valence-corrected chi connectivity index (χ0v) is 27.0. The van der Waals surface area contributed by atoms with Crippen molar-refractivity contribution in [3.63, 3.8) is 0 Å². The maximum atomic E-state index is 14.1. The molecule has 0 spiro atoms. The topological polar surface area (TPSA) is 77.2 Å². The van der Waals surface area contributed by atoms with Crippen molar-refractivity contribution >= 4 is 34.6 Å². The number of esters is 1. The summed E-state index contributed by atoms with van der Waals surface area (Å²) in [4.78, 5) is 19.5. The van der Waals surface area contributed by atoms with Crippen LogP contribution < -0.4 is 15.0 Å². The summed E-state index contributed by atoms with van der Waals surface area (Å²) in [5.74, 6) is -2.40. The first-order valence-electron chi connectivity index (χ1n) is 15.2. The standard InChI is InChI=1S/C34H33ClF4N6O2/c1-19(2)23-6-8-24(9-7-23)45-27(11-12-41-45)28-20(3)21(4)31(47-32(46)34(37,38)39)30-29(28)42-33(43-15-13-40-14-16-43)44(30)18-22-5-10-26(36)25(35)17-22/h5-12,17,19,40H,13-16,18H2,1-4H3. The molecule has 2 aromatic heterocycles. The van der Waals surface area contributed by atoms with E-state index in [0.717, 1.165) is 11.3 Å². The first-order valence-corrected chi connectivity index (χ1v) is 15.6. The number of alkyl halides is 3. The van der Waals surface area contributed by atoms with Crippen LogP contribution in [0.5, 0.6) is 5.75 Å². The summed E-state index contributed by atoms with van der Waals surface area (Å²) in [6.45, 7) is 10.1. The molecule has 0 unspecified atom stereocenters. The Labute approximate surface area is 273 Å². The Bertz CT molecular complexity index is 1960. The first-order chi connectivity index (χ1) is 22.3. The monoisotopic (exact) mass is 668 g/mol. The van der Waals surface area contributed by atoms with E-state index in [1.54, 1.807) is 35.4 Å². The number of hydrogen-bond acceptors (Lipinski definition) is 6. The number of rotatable bonds is 7. The first kappa shape index (κ1) is 32.5. The molecule has 1 saturated heterocycles. The summed E-state index contributed by atoms with van der Waals surface area (Å²) in [5.41, 5.74) is 5.24. The van der Waals surface area contributed by atoms with E-state index >= 15 is 0 Å². The van der Waals surface area contributed by atoms with Crippen molar-refractivity contribution < 1.29 is 27.1 Å². The number of imidazole rings is 1. The van der Waals surface area contributed by atoms with Gasteiger partial charge in [0.15, 0.2) is 5.75 Å². The highest BCUT2D eigenvalue weighted by Crippen LogP contribution is 2.44. The average Bonchev–Trinajstić information content (AvgIpc) is 3.67. The molecular formula is C34H33ClF4N6O2. The number of nitrogens with one attached hydrogen (secondary N) is 1. The number of halogens is 5. The maximum absolute atomic E-state index is 14.1. The van der Waals surface area contributed by atoms with Crippen LogP contribution in [0.4, 0.5) is 23.5 Å². The highest BCUT2D eigenvalue weighted by Gasteiger charge is 2.42. The molecule has 0 bridgehead atoms. The zero-order chi connectivity index (χ0) is 33.6. The third-order valence-corrected chi connectivity index (χ3v) is 8.82. The summed E-state index contributed by atoms with van der Waals surface area (Å²) >= 11 is 6.13. The largest absolute Gasteiger partial charge is 0.491 e. The highest BCUT2D eigenvalue weighted by atomic mass is 35.5. The molecule has 3 aromatic carbocycles. The van der Waals surface area contributed by atoms with Crippen molar-refractivity contribution in [2.45, 2.75) is 46.3 Å². The van der Waals surface area contributed by atoms with E-state index in [4.69, 9.17) is 21.3 Å². The van der Waals surface area contributed by atoms with Crippen LogP contribution in [0.25, 0.3) is 28.0 Å². The van der Waals surface area contributed by atoms with Crippen LogP contribution in [0.1, 0.15) is 42.0 Å². The van der Waals surface area contributed by atoms with Crippen LogP contribution in [-0.2, 0) is 11.3 Å². The fraction of sp³-hybridized carbons (Fsp3) is 0.324. The van der Waals surface area contributed by atoms with Crippen LogP contribution in [0, 0.1) is 19.7 Å². The predicted molar refractivity (Wildman–Crippen MR) is 173 cm³/mol. The lowest BCUT2D eigenvalue weighted by molar-refractivity contribution is -0.189. The molecule has 0 aliphatic carbocycles. The second-order valence-electron chi connectivity index (χ2n) is 11.9. The molecule has 0 amide bonds. The Kier molecular flexibility index (Phi) is 8.75. The maximum Gasteiger partial charge on any atom is 0.491 e. The third-order valence-electron chi connectivity index (χ3n) is 8.53. The van der Waals surface area contributed by atoms with Crippen molar-refractivity contribution in [2.75, 3.05) is 31.1 Å². The van der Waals surface area contributed by atoms with Gasteiger partial charge in [-0.2, -0.15) is 18.3 Å². The average molecular weight is 669 g/mol. The van der Waals surface area contributed by atoms with E-state index < -0.39 is 18.0 Å². The Morgan fingerprint density at radius 2 is 1.74 bits per heavy atom. The fourth-order valence-electron chi connectivity index (χ4n) is 5.92. The van der Waals surface area contributed by atoms with Crippen LogP contribution in [0.15, 0.2) is 54.7 Å². The number of hydrogen-bond donors (Lipinski definition) is 1. The van der Waals surface area contributed by atoms with Gasteiger partial charge in [-0.05, 0) is 72.4 Å². The molecule has 0 saturated carbocycles. The number of fused-ring (bicyclic) bond motifs is 1. The van der Waals surface area contributed by atoms with Gasteiger partial charge in [-0.1, -0.05) is 43.6 Å². The van der Waals surface area contributed by atoms with Gasteiger partial charge < -0.3 is 19.5 Å². The lowest BCUT2D eigenvalue weighted by atomic mass is 9.97. The van der Waals surface area contributed by atoms with Crippen molar-refractivity contribution in [2.24, 2.45) is 0 Å². The normalized spacial score (nSPS) is 14.0. The number of anilines is 1. The second-order valence-corrected chi connectivity index (χ2v) is 12.3. The number of piperazine rings is 1. The molecule has 246 valence electrons. The van der Waals surface area contributed by atoms with Gasteiger partial charge in [-0.3, -0.25) is 0 Å². The Morgan fingerprint density at radius 1 is 1.04 bits per heavy atom. The number of ether oxygens (including phenoxy) is 1. The lowest BCUT2D eigenvalue weighted by Gasteiger charge is -2.29. The van der Waals surface area contributed by atoms with E-state index in [9.17, 15) is 22.4 Å². The SMILES string of the molecule is Cc1c(C)c(OC(=O)C(F)(F)F)c2c(nc(N3CCNCC3)n2Cc2ccc(F)c(Cl)c2)c1-c1ccnn1-c1ccc(C(C)C)cc1. The minimum absolute atomic E-state index is 0.0597. The smallest absolute Gasteiger partial charge is 0.417 e. The summed E-state index contributed by atoms with van der Waals surface area (Å²) in [7, 11) is 0. The molecule has 1 fully saturated rings.